The molecule has 3 heteroatoms. The summed E-state index contributed by atoms with van der Waals surface area (Å²) in [5, 5.41) is 12.6. The van der Waals surface area contributed by atoms with E-state index in [0.29, 0.717) is 6.54 Å². The quantitative estimate of drug-likeness (QED) is 0.862. The Morgan fingerprint density at radius 1 is 1.00 bits per heavy atom. The molecular formula is C16H18FNO. The average Bonchev–Trinajstić information content (AvgIpc) is 2.43. The number of nitrogens with one attached hydrogen (secondary N) is 1. The lowest BCUT2D eigenvalue weighted by Crippen LogP contribution is -2.12. The fourth-order valence-corrected chi connectivity index (χ4v) is 1.98. The average molecular weight is 259 g/mol. The van der Waals surface area contributed by atoms with Crippen molar-refractivity contribution in [2.24, 2.45) is 0 Å². The Hall–Kier alpha value is -1.87. The minimum atomic E-state index is -0.584. The van der Waals surface area contributed by atoms with Crippen LogP contribution in [0.3, 0.4) is 0 Å². The highest BCUT2D eigenvalue weighted by Crippen LogP contribution is 2.16. The molecule has 0 aliphatic carbocycles. The lowest BCUT2D eigenvalue weighted by Gasteiger charge is -2.07. The predicted octanol–water partition coefficient (Wildman–Crippen LogP) is 3.38. The van der Waals surface area contributed by atoms with Gasteiger partial charge in [-0.25, -0.2) is 4.39 Å². The van der Waals surface area contributed by atoms with Crippen LogP contribution in [-0.2, 0) is 19.5 Å². The monoisotopic (exact) mass is 259 g/mol. The molecule has 0 aliphatic heterocycles. The minimum absolute atomic E-state index is 0.299. The number of rotatable bonds is 5. The fourth-order valence-electron chi connectivity index (χ4n) is 1.98. The maximum atomic E-state index is 12.9. The number of halogens is 1. The van der Waals surface area contributed by atoms with E-state index in [9.17, 15) is 9.50 Å². The number of aryl methyl sites for hydroxylation is 1. The molecule has 0 amide bonds. The van der Waals surface area contributed by atoms with E-state index in [2.05, 4.69) is 36.5 Å². The van der Waals surface area contributed by atoms with E-state index in [1.807, 2.05) is 0 Å². The molecule has 2 rings (SSSR count). The highest BCUT2D eigenvalue weighted by atomic mass is 19.1. The van der Waals surface area contributed by atoms with Crippen LogP contribution in [0.5, 0.6) is 5.75 Å². The molecule has 0 fully saturated rings. The second kappa shape index (κ2) is 6.34. The van der Waals surface area contributed by atoms with Crippen LogP contribution >= 0.6 is 0 Å². The molecule has 0 aromatic heterocycles. The van der Waals surface area contributed by atoms with E-state index in [-0.39, 0.29) is 5.75 Å². The second-order valence-electron chi connectivity index (χ2n) is 4.56. The molecule has 0 atom stereocenters. The van der Waals surface area contributed by atoms with Gasteiger partial charge in [0.15, 0.2) is 11.6 Å². The van der Waals surface area contributed by atoms with Gasteiger partial charge in [0.05, 0.1) is 0 Å². The van der Waals surface area contributed by atoms with E-state index in [1.165, 1.54) is 23.3 Å². The van der Waals surface area contributed by atoms with E-state index in [4.69, 9.17) is 0 Å². The molecule has 2 aromatic rings. The highest BCUT2D eigenvalue weighted by Gasteiger charge is 2.01. The van der Waals surface area contributed by atoms with Gasteiger partial charge in [0, 0.05) is 13.1 Å². The van der Waals surface area contributed by atoms with Crippen molar-refractivity contribution in [3.8, 4) is 5.75 Å². The molecular weight excluding hydrogens is 241 g/mol. The smallest absolute Gasteiger partial charge is 0.164 e. The number of phenolic OH excluding ortho intramolecular Hbond substituents is 1. The van der Waals surface area contributed by atoms with Crippen molar-refractivity contribution in [1.29, 1.82) is 0 Å². The summed E-state index contributed by atoms with van der Waals surface area (Å²) >= 11 is 0. The maximum absolute atomic E-state index is 12.9. The van der Waals surface area contributed by atoms with Crippen LogP contribution in [0.25, 0.3) is 0 Å². The van der Waals surface area contributed by atoms with Gasteiger partial charge in [-0.15, -0.1) is 0 Å². The van der Waals surface area contributed by atoms with Crippen LogP contribution in [0.2, 0.25) is 0 Å². The third-order valence-electron chi connectivity index (χ3n) is 3.07. The van der Waals surface area contributed by atoms with Crippen LogP contribution < -0.4 is 5.32 Å². The molecule has 0 aliphatic rings. The first kappa shape index (κ1) is 13.6. The van der Waals surface area contributed by atoms with Gasteiger partial charge in [-0.05, 0) is 35.2 Å². The van der Waals surface area contributed by atoms with Crippen LogP contribution in [0.1, 0.15) is 23.6 Å². The van der Waals surface area contributed by atoms with Crippen LogP contribution in [0, 0.1) is 5.82 Å². The Morgan fingerprint density at radius 3 is 2.37 bits per heavy atom. The highest BCUT2D eigenvalue weighted by molar-refractivity contribution is 5.29. The van der Waals surface area contributed by atoms with Crippen molar-refractivity contribution < 1.29 is 9.50 Å². The zero-order valence-corrected chi connectivity index (χ0v) is 11.0. The first-order valence-corrected chi connectivity index (χ1v) is 6.45. The lowest BCUT2D eigenvalue weighted by molar-refractivity contribution is 0.431. The predicted molar refractivity (Wildman–Crippen MR) is 74.4 cm³/mol. The van der Waals surface area contributed by atoms with Gasteiger partial charge in [-0.1, -0.05) is 37.3 Å². The molecule has 2 nitrogen and oxygen atoms in total. The third kappa shape index (κ3) is 3.80. The van der Waals surface area contributed by atoms with Crippen molar-refractivity contribution in [2.45, 2.75) is 26.4 Å². The molecule has 19 heavy (non-hydrogen) atoms. The van der Waals surface area contributed by atoms with Gasteiger partial charge < -0.3 is 10.4 Å². The third-order valence-corrected chi connectivity index (χ3v) is 3.07. The largest absolute Gasteiger partial charge is 0.505 e. The fraction of sp³-hybridized carbons (Fsp3) is 0.250. The summed E-state index contributed by atoms with van der Waals surface area (Å²) in [7, 11) is 0. The Balaban J connectivity index is 1.90. The second-order valence-corrected chi connectivity index (χ2v) is 4.56. The Kier molecular flexibility index (Phi) is 4.53. The number of hydrogen-bond donors (Lipinski definition) is 2. The molecule has 0 unspecified atom stereocenters. The van der Waals surface area contributed by atoms with Crippen molar-refractivity contribution in [3.63, 3.8) is 0 Å². The van der Waals surface area contributed by atoms with E-state index in [0.717, 1.165) is 18.5 Å². The van der Waals surface area contributed by atoms with Gasteiger partial charge in [0.25, 0.3) is 0 Å². The van der Waals surface area contributed by atoms with Gasteiger partial charge in [-0.2, -0.15) is 0 Å². The topological polar surface area (TPSA) is 32.3 Å². The number of benzene rings is 2. The SMILES string of the molecule is CCc1cccc(CNCc2ccc(F)c(O)c2)c1. The Labute approximate surface area is 112 Å². The number of aromatic hydroxyl groups is 1. The zero-order chi connectivity index (χ0) is 13.7. The normalized spacial score (nSPS) is 10.6. The minimum Gasteiger partial charge on any atom is -0.505 e. The molecule has 0 radical (unpaired) electrons. The summed E-state index contributed by atoms with van der Waals surface area (Å²) in [5.74, 6) is -0.883. The van der Waals surface area contributed by atoms with E-state index < -0.39 is 5.82 Å². The molecule has 100 valence electrons. The lowest BCUT2D eigenvalue weighted by atomic mass is 10.1. The summed E-state index contributed by atoms with van der Waals surface area (Å²) in [6, 6.07) is 12.8. The number of phenols is 1. The Bertz CT molecular complexity index is 554. The zero-order valence-electron chi connectivity index (χ0n) is 11.0. The molecule has 0 saturated carbocycles. The van der Waals surface area contributed by atoms with Crippen molar-refractivity contribution in [3.05, 3.63) is 65.0 Å². The van der Waals surface area contributed by atoms with Crippen LogP contribution in [-0.4, -0.2) is 5.11 Å². The maximum Gasteiger partial charge on any atom is 0.164 e. The van der Waals surface area contributed by atoms with Gasteiger partial charge >= 0.3 is 0 Å². The summed E-state index contributed by atoms with van der Waals surface area (Å²) in [5.41, 5.74) is 3.41. The summed E-state index contributed by atoms with van der Waals surface area (Å²) in [4.78, 5) is 0. The molecule has 0 saturated heterocycles. The molecule has 2 N–H and O–H groups in total. The van der Waals surface area contributed by atoms with Gasteiger partial charge in [-0.3, -0.25) is 0 Å². The van der Waals surface area contributed by atoms with Gasteiger partial charge in [0.2, 0.25) is 0 Å². The van der Waals surface area contributed by atoms with Gasteiger partial charge in [0.1, 0.15) is 0 Å². The van der Waals surface area contributed by atoms with Crippen molar-refractivity contribution in [2.75, 3.05) is 0 Å². The molecule has 0 bridgehead atoms. The number of hydrogen-bond acceptors (Lipinski definition) is 2. The van der Waals surface area contributed by atoms with Crippen molar-refractivity contribution in [1.82, 2.24) is 5.32 Å². The van der Waals surface area contributed by atoms with Crippen molar-refractivity contribution >= 4 is 0 Å². The molecule has 2 aromatic carbocycles. The van der Waals surface area contributed by atoms with Crippen LogP contribution in [0.4, 0.5) is 4.39 Å². The first-order chi connectivity index (χ1) is 9.19. The Morgan fingerprint density at radius 2 is 1.68 bits per heavy atom. The molecule has 0 spiro atoms. The summed E-state index contributed by atoms with van der Waals surface area (Å²) in [6.07, 6.45) is 1.03. The van der Waals surface area contributed by atoms with E-state index in [1.54, 1.807) is 6.07 Å². The van der Waals surface area contributed by atoms with E-state index >= 15 is 0 Å². The molecule has 0 heterocycles. The summed E-state index contributed by atoms with van der Waals surface area (Å²) < 4.78 is 12.9. The first-order valence-electron chi connectivity index (χ1n) is 6.45. The standard InChI is InChI=1S/C16H18FNO/c1-2-12-4-3-5-13(8-12)10-18-11-14-6-7-15(17)16(19)9-14/h3-9,18-19H,2,10-11H2,1H3. The van der Waals surface area contributed by atoms with Crippen LogP contribution in [0.15, 0.2) is 42.5 Å². The summed E-state index contributed by atoms with van der Waals surface area (Å²) in [6.45, 7) is 3.49.